The number of aliphatic hydroxyl groups is 2. The van der Waals surface area contributed by atoms with E-state index in [4.69, 9.17) is 15.6 Å². The van der Waals surface area contributed by atoms with E-state index in [0.29, 0.717) is 0 Å². The van der Waals surface area contributed by atoms with Gasteiger partial charge in [-0.15, -0.1) is 0 Å². The highest BCUT2D eigenvalue weighted by Crippen LogP contribution is 2.32. The number of aliphatic hydroxyl groups excluding tert-OH is 2. The fraction of sp³-hybridized carbons (Fsp3) is 0.556. The van der Waals surface area contributed by atoms with E-state index in [1.807, 2.05) is 0 Å². The fourth-order valence-corrected chi connectivity index (χ4v) is 1.72. The molecule has 1 fully saturated rings. The number of anilines is 1. The van der Waals surface area contributed by atoms with Crippen LogP contribution in [0.3, 0.4) is 0 Å². The Morgan fingerprint density at radius 3 is 2.88 bits per heavy atom. The topological polar surface area (TPSA) is 111 Å². The maximum atomic E-state index is 13.7. The van der Waals surface area contributed by atoms with E-state index in [2.05, 4.69) is 4.98 Å². The first-order valence-corrected chi connectivity index (χ1v) is 4.97. The Kier molecular flexibility index (Phi) is 3.09. The van der Waals surface area contributed by atoms with Crippen LogP contribution in [0.1, 0.15) is 6.23 Å². The molecule has 4 N–H and O–H groups in total. The molecule has 7 nitrogen and oxygen atoms in total. The Balaban J connectivity index is 2.32. The Bertz CT molecular complexity index is 466. The van der Waals surface area contributed by atoms with Crippen molar-refractivity contribution in [2.24, 2.45) is 0 Å². The summed E-state index contributed by atoms with van der Waals surface area (Å²) in [5, 5.41) is 18.3. The molecule has 0 saturated carbocycles. The summed E-state index contributed by atoms with van der Waals surface area (Å²) < 4.78 is 19.9. The zero-order valence-electron chi connectivity index (χ0n) is 8.73. The van der Waals surface area contributed by atoms with Crippen molar-refractivity contribution < 1.29 is 19.3 Å². The van der Waals surface area contributed by atoms with Crippen LogP contribution >= 0.6 is 0 Å². The predicted molar refractivity (Wildman–Crippen MR) is 54.8 cm³/mol. The SMILES string of the molecule is Nc1nc(=O)ccn1[C@@H]1O[C@H](CO)[C@H](O)[C@H]1F. The van der Waals surface area contributed by atoms with Crippen molar-refractivity contribution in [3.8, 4) is 0 Å². The Labute approximate surface area is 95.3 Å². The van der Waals surface area contributed by atoms with Crippen LogP contribution in [0.2, 0.25) is 0 Å². The van der Waals surface area contributed by atoms with Gasteiger partial charge in [0, 0.05) is 12.3 Å². The number of halogens is 1. The molecule has 8 heteroatoms. The number of aromatic nitrogens is 2. The summed E-state index contributed by atoms with van der Waals surface area (Å²) in [5.74, 6) is -0.212. The first kappa shape index (κ1) is 12.0. The molecule has 0 unspecified atom stereocenters. The van der Waals surface area contributed by atoms with Gasteiger partial charge in [-0.05, 0) is 0 Å². The molecular formula is C9H12FN3O4. The highest BCUT2D eigenvalue weighted by Gasteiger charge is 2.45. The van der Waals surface area contributed by atoms with Gasteiger partial charge in [0.2, 0.25) is 5.95 Å². The van der Waals surface area contributed by atoms with Gasteiger partial charge in [0.15, 0.2) is 12.4 Å². The van der Waals surface area contributed by atoms with Gasteiger partial charge >= 0.3 is 0 Å². The van der Waals surface area contributed by atoms with Crippen LogP contribution in [0.5, 0.6) is 0 Å². The molecule has 2 rings (SSSR count). The summed E-state index contributed by atoms with van der Waals surface area (Å²) in [6, 6.07) is 1.10. The number of nitrogens with zero attached hydrogens (tertiary/aromatic N) is 2. The normalized spacial score (nSPS) is 32.9. The molecular weight excluding hydrogens is 233 g/mol. The van der Waals surface area contributed by atoms with E-state index < -0.39 is 36.8 Å². The molecule has 1 saturated heterocycles. The Hall–Kier alpha value is -1.51. The number of alkyl halides is 1. The summed E-state index contributed by atoms with van der Waals surface area (Å²) in [6.45, 7) is -0.508. The number of nitrogens with two attached hydrogens (primary N) is 1. The maximum Gasteiger partial charge on any atom is 0.274 e. The summed E-state index contributed by atoms with van der Waals surface area (Å²) in [7, 11) is 0. The molecule has 94 valence electrons. The van der Waals surface area contributed by atoms with Gasteiger partial charge in [-0.25, -0.2) is 4.39 Å². The molecule has 0 aliphatic carbocycles. The van der Waals surface area contributed by atoms with E-state index in [0.717, 1.165) is 10.6 Å². The maximum absolute atomic E-state index is 13.7. The van der Waals surface area contributed by atoms with Crippen molar-refractivity contribution in [2.45, 2.75) is 24.6 Å². The van der Waals surface area contributed by atoms with E-state index in [9.17, 15) is 14.3 Å². The first-order valence-electron chi connectivity index (χ1n) is 4.97. The third-order valence-corrected chi connectivity index (χ3v) is 2.61. The molecule has 4 atom stereocenters. The van der Waals surface area contributed by atoms with E-state index in [-0.39, 0.29) is 5.95 Å². The van der Waals surface area contributed by atoms with Gasteiger partial charge in [0.1, 0.15) is 12.2 Å². The summed E-state index contributed by atoms with van der Waals surface area (Å²) >= 11 is 0. The van der Waals surface area contributed by atoms with Crippen LogP contribution in [0.15, 0.2) is 17.1 Å². The molecule has 1 aromatic heterocycles. The molecule has 2 heterocycles. The summed E-state index contributed by atoms with van der Waals surface area (Å²) in [6.07, 6.45) is -4.18. The minimum atomic E-state index is -1.75. The molecule has 1 aliphatic heterocycles. The number of hydrogen-bond donors (Lipinski definition) is 3. The number of ether oxygens (including phenoxy) is 1. The van der Waals surface area contributed by atoms with Gasteiger partial charge in [-0.2, -0.15) is 4.98 Å². The van der Waals surface area contributed by atoms with Crippen LogP contribution in [-0.2, 0) is 4.74 Å². The lowest BCUT2D eigenvalue weighted by Crippen LogP contribution is -2.31. The monoisotopic (exact) mass is 245 g/mol. The lowest BCUT2D eigenvalue weighted by Gasteiger charge is -2.18. The second-order valence-electron chi connectivity index (χ2n) is 3.71. The van der Waals surface area contributed by atoms with Crippen LogP contribution in [0.25, 0.3) is 0 Å². The smallest absolute Gasteiger partial charge is 0.274 e. The van der Waals surface area contributed by atoms with Crippen LogP contribution in [-0.4, -0.2) is 44.8 Å². The van der Waals surface area contributed by atoms with Crippen LogP contribution in [0.4, 0.5) is 10.3 Å². The molecule has 0 radical (unpaired) electrons. The lowest BCUT2D eigenvalue weighted by atomic mass is 10.1. The van der Waals surface area contributed by atoms with Crippen molar-refractivity contribution in [1.82, 2.24) is 9.55 Å². The van der Waals surface area contributed by atoms with E-state index in [1.165, 1.54) is 6.20 Å². The number of hydrogen-bond acceptors (Lipinski definition) is 6. The molecule has 0 amide bonds. The molecule has 0 spiro atoms. The lowest BCUT2D eigenvalue weighted by molar-refractivity contribution is -0.0469. The predicted octanol–water partition coefficient (Wildman–Crippen LogP) is -1.59. The first-order chi connectivity index (χ1) is 8.04. The van der Waals surface area contributed by atoms with Crippen LogP contribution < -0.4 is 11.3 Å². The molecule has 17 heavy (non-hydrogen) atoms. The van der Waals surface area contributed by atoms with E-state index in [1.54, 1.807) is 0 Å². The highest BCUT2D eigenvalue weighted by molar-refractivity contribution is 5.18. The highest BCUT2D eigenvalue weighted by atomic mass is 19.1. The standard InChI is InChI=1S/C9H12FN3O4/c10-6-7(16)4(3-14)17-8(6)13-2-1-5(15)12-9(13)11/h1-2,4,6-8,14,16H,3H2,(H2,11,12,15)/t4-,6-,7+,8-/m1/s1. The molecule has 1 aromatic rings. The third-order valence-electron chi connectivity index (χ3n) is 2.61. The molecule has 0 aromatic carbocycles. The van der Waals surface area contributed by atoms with Gasteiger partial charge < -0.3 is 20.7 Å². The van der Waals surface area contributed by atoms with Crippen molar-refractivity contribution in [3.63, 3.8) is 0 Å². The number of rotatable bonds is 2. The van der Waals surface area contributed by atoms with Gasteiger partial charge in [0.25, 0.3) is 5.56 Å². The average molecular weight is 245 g/mol. The summed E-state index contributed by atoms with van der Waals surface area (Å²) in [5.41, 5.74) is 4.91. The van der Waals surface area contributed by atoms with Gasteiger partial charge in [0.05, 0.1) is 6.61 Å². The minimum Gasteiger partial charge on any atom is -0.394 e. The van der Waals surface area contributed by atoms with Crippen molar-refractivity contribution in [1.29, 1.82) is 0 Å². The largest absolute Gasteiger partial charge is 0.394 e. The van der Waals surface area contributed by atoms with Crippen molar-refractivity contribution >= 4 is 5.95 Å². The number of nitrogen functional groups attached to an aromatic ring is 1. The minimum absolute atomic E-state index is 0.212. The van der Waals surface area contributed by atoms with Crippen molar-refractivity contribution in [3.05, 3.63) is 22.6 Å². The third kappa shape index (κ3) is 2.02. The fourth-order valence-electron chi connectivity index (χ4n) is 1.72. The quantitative estimate of drug-likeness (QED) is 0.579. The summed E-state index contributed by atoms with van der Waals surface area (Å²) in [4.78, 5) is 14.3. The second-order valence-corrected chi connectivity index (χ2v) is 3.71. The Morgan fingerprint density at radius 2 is 2.35 bits per heavy atom. The second kappa shape index (κ2) is 4.40. The zero-order chi connectivity index (χ0) is 12.6. The molecule has 0 bridgehead atoms. The average Bonchev–Trinajstić information content (AvgIpc) is 2.57. The molecule has 1 aliphatic rings. The Morgan fingerprint density at radius 1 is 1.65 bits per heavy atom. The van der Waals surface area contributed by atoms with Gasteiger partial charge in [-0.3, -0.25) is 9.36 Å². The zero-order valence-corrected chi connectivity index (χ0v) is 8.73. The van der Waals surface area contributed by atoms with Crippen molar-refractivity contribution in [2.75, 3.05) is 12.3 Å². The van der Waals surface area contributed by atoms with Crippen LogP contribution in [0, 0.1) is 0 Å². The van der Waals surface area contributed by atoms with Gasteiger partial charge in [-0.1, -0.05) is 0 Å². The van der Waals surface area contributed by atoms with E-state index >= 15 is 0 Å².